The largest absolute Gasteiger partial charge is 0.504 e. The number of aromatic nitrogens is 1. The molecule has 28 heavy (non-hydrogen) atoms. The van der Waals surface area contributed by atoms with Gasteiger partial charge < -0.3 is 24.9 Å². The van der Waals surface area contributed by atoms with Gasteiger partial charge in [-0.2, -0.15) is 0 Å². The maximum Gasteiger partial charge on any atom is 0.226 e. The molecule has 0 atom stereocenters. The van der Waals surface area contributed by atoms with Gasteiger partial charge in [-0.25, -0.2) is 9.98 Å². The van der Waals surface area contributed by atoms with E-state index in [0.717, 1.165) is 11.3 Å². The summed E-state index contributed by atoms with van der Waals surface area (Å²) in [5.74, 6) is 1.74. The van der Waals surface area contributed by atoms with Crippen molar-refractivity contribution in [2.75, 3.05) is 13.7 Å². The van der Waals surface area contributed by atoms with E-state index in [0.29, 0.717) is 42.8 Å². The summed E-state index contributed by atoms with van der Waals surface area (Å²) in [7, 11) is 1.52. The van der Waals surface area contributed by atoms with Crippen LogP contribution in [0.3, 0.4) is 0 Å². The van der Waals surface area contributed by atoms with E-state index in [-0.39, 0.29) is 5.75 Å². The average Bonchev–Trinajstić information content (AvgIpc) is 3.21. The van der Waals surface area contributed by atoms with Crippen molar-refractivity contribution in [2.24, 2.45) is 4.99 Å². The topological polar surface area (TPSA) is 91.9 Å². The molecule has 0 saturated heterocycles. The SMILES string of the molecule is CCNC(=NCc1cccc(OC)c1O)NCc1coc(-c2ccccc2)n1. The van der Waals surface area contributed by atoms with Gasteiger partial charge in [0, 0.05) is 17.7 Å². The number of oxazole rings is 1. The molecule has 0 bridgehead atoms. The summed E-state index contributed by atoms with van der Waals surface area (Å²) in [6, 6.07) is 15.1. The Balaban J connectivity index is 1.65. The van der Waals surface area contributed by atoms with E-state index >= 15 is 0 Å². The minimum absolute atomic E-state index is 0.105. The van der Waals surface area contributed by atoms with E-state index in [1.54, 1.807) is 12.3 Å². The molecule has 146 valence electrons. The standard InChI is InChI=1S/C21H24N4O3/c1-3-22-21(23-12-16-10-7-11-18(27-2)19(16)26)24-13-17-14-28-20(25-17)15-8-5-4-6-9-15/h4-11,14,26H,3,12-13H2,1-2H3,(H2,22,23,24). The summed E-state index contributed by atoms with van der Waals surface area (Å²) in [5.41, 5.74) is 2.39. The van der Waals surface area contributed by atoms with Gasteiger partial charge in [-0.15, -0.1) is 0 Å². The van der Waals surface area contributed by atoms with Crippen LogP contribution >= 0.6 is 0 Å². The van der Waals surface area contributed by atoms with Crippen molar-refractivity contribution < 1.29 is 14.3 Å². The maximum absolute atomic E-state index is 10.2. The number of hydrogen-bond acceptors (Lipinski definition) is 5. The third-order valence-electron chi connectivity index (χ3n) is 4.06. The summed E-state index contributed by atoms with van der Waals surface area (Å²) >= 11 is 0. The first kappa shape index (κ1) is 19.3. The Bertz CT molecular complexity index is 922. The number of aromatic hydroxyl groups is 1. The van der Waals surface area contributed by atoms with Gasteiger partial charge in [0.25, 0.3) is 0 Å². The van der Waals surface area contributed by atoms with Crippen LogP contribution in [0.25, 0.3) is 11.5 Å². The Labute approximate surface area is 164 Å². The summed E-state index contributed by atoms with van der Waals surface area (Å²) in [4.78, 5) is 9.02. The monoisotopic (exact) mass is 380 g/mol. The van der Waals surface area contributed by atoms with Crippen molar-refractivity contribution in [3.8, 4) is 23.0 Å². The van der Waals surface area contributed by atoms with Crippen LogP contribution in [0.1, 0.15) is 18.2 Å². The lowest BCUT2D eigenvalue weighted by molar-refractivity contribution is 0.370. The van der Waals surface area contributed by atoms with Crippen LogP contribution in [-0.4, -0.2) is 29.7 Å². The lowest BCUT2D eigenvalue weighted by atomic mass is 10.2. The zero-order valence-electron chi connectivity index (χ0n) is 16.0. The zero-order valence-corrected chi connectivity index (χ0v) is 16.0. The number of benzene rings is 2. The van der Waals surface area contributed by atoms with Gasteiger partial charge >= 0.3 is 0 Å². The molecule has 0 radical (unpaired) electrons. The van der Waals surface area contributed by atoms with E-state index < -0.39 is 0 Å². The summed E-state index contributed by atoms with van der Waals surface area (Å²) in [6.45, 7) is 3.48. The number of aliphatic imine (C=N–C) groups is 1. The zero-order chi connectivity index (χ0) is 19.8. The number of ether oxygens (including phenoxy) is 1. The van der Waals surface area contributed by atoms with Crippen molar-refractivity contribution >= 4 is 5.96 Å². The van der Waals surface area contributed by atoms with Crippen LogP contribution in [0.4, 0.5) is 0 Å². The van der Waals surface area contributed by atoms with E-state index in [1.165, 1.54) is 7.11 Å². The second kappa shape index (κ2) is 9.45. The third kappa shape index (κ3) is 4.82. The normalized spacial score (nSPS) is 11.3. The summed E-state index contributed by atoms with van der Waals surface area (Å²) < 4.78 is 10.7. The van der Waals surface area contributed by atoms with E-state index in [4.69, 9.17) is 9.15 Å². The number of guanidine groups is 1. The molecule has 0 fully saturated rings. The van der Waals surface area contributed by atoms with Gasteiger partial charge in [0.15, 0.2) is 17.5 Å². The Morgan fingerprint density at radius 1 is 1.14 bits per heavy atom. The molecular formula is C21H24N4O3. The van der Waals surface area contributed by atoms with Gasteiger partial charge in [0.1, 0.15) is 6.26 Å². The molecule has 7 heteroatoms. The Morgan fingerprint density at radius 3 is 2.71 bits per heavy atom. The molecule has 3 rings (SSSR count). The number of hydrogen-bond donors (Lipinski definition) is 3. The molecule has 0 saturated carbocycles. The molecule has 2 aromatic carbocycles. The lowest BCUT2D eigenvalue weighted by Crippen LogP contribution is -2.36. The smallest absolute Gasteiger partial charge is 0.226 e. The second-order valence-electron chi connectivity index (χ2n) is 6.03. The molecule has 0 amide bonds. The first-order chi connectivity index (χ1) is 13.7. The lowest BCUT2D eigenvalue weighted by Gasteiger charge is -2.11. The summed E-state index contributed by atoms with van der Waals surface area (Å²) in [5, 5.41) is 16.6. The molecule has 0 unspecified atom stereocenters. The van der Waals surface area contributed by atoms with Crippen molar-refractivity contribution in [3.05, 3.63) is 66.1 Å². The van der Waals surface area contributed by atoms with Gasteiger partial charge in [-0.1, -0.05) is 30.3 Å². The number of phenols is 1. The molecule has 3 N–H and O–H groups in total. The number of nitrogens with zero attached hydrogens (tertiary/aromatic N) is 2. The minimum Gasteiger partial charge on any atom is -0.504 e. The van der Waals surface area contributed by atoms with E-state index in [9.17, 15) is 5.11 Å². The van der Waals surface area contributed by atoms with Crippen molar-refractivity contribution in [1.82, 2.24) is 15.6 Å². The highest BCUT2D eigenvalue weighted by Crippen LogP contribution is 2.29. The molecule has 0 aliphatic rings. The van der Waals surface area contributed by atoms with Crippen molar-refractivity contribution in [2.45, 2.75) is 20.0 Å². The molecule has 0 aliphatic heterocycles. The highest BCUT2D eigenvalue weighted by Gasteiger charge is 2.09. The first-order valence-electron chi connectivity index (χ1n) is 9.08. The molecule has 1 heterocycles. The fourth-order valence-corrected chi connectivity index (χ4v) is 2.64. The van der Waals surface area contributed by atoms with Gasteiger partial charge in [0.05, 0.1) is 25.9 Å². The predicted molar refractivity (Wildman–Crippen MR) is 108 cm³/mol. The number of phenolic OH excluding ortho intramolecular Hbond substituents is 1. The number of methoxy groups -OCH3 is 1. The van der Waals surface area contributed by atoms with E-state index in [1.807, 2.05) is 49.4 Å². The third-order valence-corrected chi connectivity index (χ3v) is 4.06. The van der Waals surface area contributed by atoms with Gasteiger partial charge in [-0.05, 0) is 25.1 Å². The van der Waals surface area contributed by atoms with Crippen LogP contribution in [-0.2, 0) is 13.1 Å². The maximum atomic E-state index is 10.2. The molecule has 0 spiro atoms. The number of nitrogens with one attached hydrogen (secondary N) is 2. The van der Waals surface area contributed by atoms with Crippen molar-refractivity contribution in [3.63, 3.8) is 0 Å². The molecule has 3 aromatic rings. The molecule has 0 aliphatic carbocycles. The van der Waals surface area contributed by atoms with Crippen LogP contribution in [0, 0.1) is 0 Å². The predicted octanol–water partition coefficient (Wildman–Crippen LogP) is 3.31. The minimum atomic E-state index is 0.105. The number of rotatable bonds is 7. The highest BCUT2D eigenvalue weighted by atomic mass is 16.5. The van der Waals surface area contributed by atoms with Gasteiger partial charge in [-0.3, -0.25) is 0 Å². The van der Waals surface area contributed by atoms with Crippen LogP contribution < -0.4 is 15.4 Å². The molecular weight excluding hydrogens is 356 g/mol. The highest BCUT2D eigenvalue weighted by molar-refractivity contribution is 5.79. The Hall–Kier alpha value is -3.48. The fraction of sp³-hybridized carbons (Fsp3) is 0.238. The average molecular weight is 380 g/mol. The first-order valence-corrected chi connectivity index (χ1v) is 9.08. The fourth-order valence-electron chi connectivity index (χ4n) is 2.64. The summed E-state index contributed by atoms with van der Waals surface area (Å²) in [6.07, 6.45) is 1.63. The molecule has 7 nitrogen and oxygen atoms in total. The Morgan fingerprint density at radius 2 is 1.96 bits per heavy atom. The van der Waals surface area contributed by atoms with Crippen molar-refractivity contribution in [1.29, 1.82) is 0 Å². The second-order valence-corrected chi connectivity index (χ2v) is 6.03. The molecule has 1 aromatic heterocycles. The number of para-hydroxylation sites is 1. The van der Waals surface area contributed by atoms with E-state index in [2.05, 4.69) is 20.6 Å². The quantitative estimate of drug-likeness (QED) is 0.430. The Kier molecular flexibility index (Phi) is 6.51. The van der Waals surface area contributed by atoms with Gasteiger partial charge in [0.2, 0.25) is 5.89 Å². The van der Waals surface area contributed by atoms with Crippen LogP contribution in [0.2, 0.25) is 0 Å². The van der Waals surface area contributed by atoms with Crippen LogP contribution in [0.15, 0.2) is 64.2 Å². The van der Waals surface area contributed by atoms with Crippen LogP contribution in [0.5, 0.6) is 11.5 Å².